The average Bonchev–Trinajstić information content (AvgIpc) is 2.10. The molecule has 0 unspecified atom stereocenters. The fourth-order valence-corrected chi connectivity index (χ4v) is 0.842. The van der Waals surface area contributed by atoms with Crippen molar-refractivity contribution in [2.75, 3.05) is 0 Å². The molecule has 0 saturated carbocycles. The van der Waals surface area contributed by atoms with E-state index in [9.17, 15) is 4.79 Å². The molecular formula is C7H9NO. The molecule has 48 valence electrons. The predicted octanol–water partition coefficient (Wildman–Crippen LogP) is 0.966. The van der Waals surface area contributed by atoms with Gasteiger partial charge in [0.15, 0.2) is 0 Å². The van der Waals surface area contributed by atoms with Crippen molar-refractivity contribution >= 4 is 5.91 Å². The van der Waals surface area contributed by atoms with E-state index in [0.717, 1.165) is 11.3 Å². The minimum atomic E-state index is -0.0133. The van der Waals surface area contributed by atoms with Gasteiger partial charge in [0.25, 0.3) is 0 Å². The minimum Gasteiger partial charge on any atom is -0.323 e. The predicted molar refractivity (Wildman–Crippen MR) is 35.7 cm³/mol. The van der Waals surface area contributed by atoms with Crippen LogP contribution in [0.15, 0.2) is 23.4 Å². The Hall–Kier alpha value is -1.05. The first-order valence-electron chi connectivity index (χ1n) is 2.90. The highest BCUT2D eigenvalue weighted by Crippen LogP contribution is 2.10. The van der Waals surface area contributed by atoms with Crippen molar-refractivity contribution in [3.05, 3.63) is 23.4 Å². The lowest BCUT2D eigenvalue weighted by atomic mass is 10.2. The second-order valence-corrected chi connectivity index (χ2v) is 2.02. The lowest BCUT2D eigenvalue weighted by Gasteiger charge is -1.95. The van der Waals surface area contributed by atoms with Crippen LogP contribution in [0.1, 0.15) is 13.8 Å². The summed E-state index contributed by atoms with van der Waals surface area (Å²) in [6.07, 6.45) is 3.48. The Labute approximate surface area is 54.3 Å². The summed E-state index contributed by atoms with van der Waals surface area (Å²) in [5.74, 6) is -0.0133. The summed E-state index contributed by atoms with van der Waals surface area (Å²) >= 11 is 0. The monoisotopic (exact) mass is 123 g/mol. The molecule has 0 aromatic carbocycles. The molecule has 2 nitrogen and oxygen atoms in total. The molecule has 0 radical (unpaired) electrons. The first-order valence-corrected chi connectivity index (χ1v) is 2.90. The summed E-state index contributed by atoms with van der Waals surface area (Å²) < 4.78 is 0. The van der Waals surface area contributed by atoms with Crippen LogP contribution in [0, 0.1) is 0 Å². The van der Waals surface area contributed by atoms with Crippen LogP contribution in [-0.4, -0.2) is 5.91 Å². The molecule has 0 fully saturated rings. The van der Waals surface area contributed by atoms with Gasteiger partial charge in [-0.1, -0.05) is 6.08 Å². The van der Waals surface area contributed by atoms with Crippen molar-refractivity contribution in [2.24, 2.45) is 0 Å². The summed E-state index contributed by atoms with van der Waals surface area (Å²) in [6.45, 7) is 3.81. The highest BCUT2D eigenvalue weighted by Gasteiger charge is 2.10. The van der Waals surface area contributed by atoms with Crippen LogP contribution >= 0.6 is 0 Å². The molecule has 0 spiro atoms. The fraction of sp³-hybridized carbons (Fsp3) is 0.286. The van der Waals surface area contributed by atoms with Gasteiger partial charge in [-0.05, 0) is 19.4 Å². The van der Waals surface area contributed by atoms with Crippen molar-refractivity contribution in [3.63, 3.8) is 0 Å². The number of carbonyl (C=O) groups excluding carboxylic acids is 1. The number of allylic oxidation sites excluding steroid dienone is 2. The number of hydrogen-bond acceptors (Lipinski definition) is 1. The van der Waals surface area contributed by atoms with Gasteiger partial charge in [0.1, 0.15) is 0 Å². The van der Waals surface area contributed by atoms with Crippen LogP contribution in [-0.2, 0) is 4.79 Å². The van der Waals surface area contributed by atoms with Crippen molar-refractivity contribution in [3.8, 4) is 0 Å². The van der Waals surface area contributed by atoms with Crippen LogP contribution in [0.3, 0.4) is 0 Å². The molecule has 0 saturated heterocycles. The second kappa shape index (κ2) is 2.05. The molecule has 1 aliphatic rings. The molecule has 1 N–H and O–H groups in total. The Kier molecular flexibility index (Phi) is 1.39. The fourth-order valence-electron chi connectivity index (χ4n) is 0.842. The Morgan fingerprint density at radius 3 is 2.56 bits per heavy atom. The Bertz CT molecular complexity index is 201. The Morgan fingerprint density at radius 2 is 2.33 bits per heavy atom. The molecule has 2 heteroatoms. The Morgan fingerprint density at radius 1 is 1.67 bits per heavy atom. The number of hydrogen-bond donors (Lipinski definition) is 1. The third-order valence-corrected chi connectivity index (χ3v) is 1.32. The molecule has 0 bridgehead atoms. The van der Waals surface area contributed by atoms with E-state index in [1.807, 2.05) is 19.9 Å². The van der Waals surface area contributed by atoms with E-state index in [1.165, 1.54) is 0 Å². The van der Waals surface area contributed by atoms with Crippen molar-refractivity contribution in [2.45, 2.75) is 13.8 Å². The standard InChI is InChI=1S/C7H9NO/c1-3-6-5(2)4-7(9)8-6/h3-4H,1-2H3,(H,8,9). The Balaban J connectivity index is 2.89. The van der Waals surface area contributed by atoms with Gasteiger partial charge in [0.05, 0.1) is 0 Å². The first kappa shape index (κ1) is 6.08. The van der Waals surface area contributed by atoms with Crippen LogP contribution in [0.25, 0.3) is 0 Å². The summed E-state index contributed by atoms with van der Waals surface area (Å²) in [5.41, 5.74) is 1.95. The molecule has 9 heavy (non-hydrogen) atoms. The van der Waals surface area contributed by atoms with E-state index in [2.05, 4.69) is 5.32 Å². The average molecular weight is 123 g/mol. The lowest BCUT2D eigenvalue weighted by molar-refractivity contribution is -0.115. The summed E-state index contributed by atoms with van der Waals surface area (Å²) in [5, 5.41) is 2.68. The van der Waals surface area contributed by atoms with E-state index < -0.39 is 0 Å². The van der Waals surface area contributed by atoms with Crippen molar-refractivity contribution in [1.29, 1.82) is 0 Å². The summed E-state index contributed by atoms with van der Waals surface area (Å²) in [4.78, 5) is 10.6. The smallest absolute Gasteiger partial charge is 0.248 e. The SMILES string of the molecule is CC=C1NC(=O)C=C1C. The van der Waals surface area contributed by atoms with Crippen LogP contribution in [0.4, 0.5) is 0 Å². The van der Waals surface area contributed by atoms with E-state index in [1.54, 1.807) is 6.08 Å². The van der Waals surface area contributed by atoms with Gasteiger partial charge in [-0.3, -0.25) is 4.79 Å². The number of rotatable bonds is 0. The van der Waals surface area contributed by atoms with Crippen molar-refractivity contribution in [1.82, 2.24) is 5.32 Å². The van der Waals surface area contributed by atoms with Gasteiger partial charge in [0, 0.05) is 11.8 Å². The quantitative estimate of drug-likeness (QED) is 0.511. The first-order chi connectivity index (χ1) is 4.24. The molecule has 1 heterocycles. The van der Waals surface area contributed by atoms with Gasteiger partial charge in [-0.15, -0.1) is 0 Å². The maximum atomic E-state index is 10.6. The zero-order valence-electron chi connectivity index (χ0n) is 5.56. The molecule has 1 amide bonds. The van der Waals surface area contributed by atoms with Crippen LogP contribution < -0.4 is 5.32 Å². The van der Waals surface area contributed by atoms with Crippen molar-refractivity contribution < 1.29 is 4.79 Å². The third kappa shape index (κ3) is 1.02. The topological polar surface area (TPSA) is 29.1 Å². The molecular weight excluding hydrogens is 114 g/mol. The number of nitrogens with one attached hydrogen (secondary N) is 1. The number of carbonyl (C=O) groups is 1. The van der Waals surface area contributed by atoms with Gasteiger partial charge in [-0.25, -0.2) is 0 Å². The molecule has 1 rings (SSSR count). The van der Waals surface area contributed by atoms with Gasteiger partial charge in [0.2, 0.25) is 5.91 Å². The summed E-state index contributed by atoms with van der Waals surface area (Å²) in [6, 6.07) is 0. The molecule has 0 aliphatic carbocycles. The molecule has 1 aliphatic heterocycles. The van der Waals surface area contributed by atoms with Gasteiger partial charge >= 0.3 is 0 Å². The maximum Gasteiger partial charge on any atom is 0.248 e. The third-order valence-electron chi connectivity index (χ3n) is 1.32. The maximum absolute atomic E-state index is 10.6. The highest BCUT2D eigenvalue weighted by molar-refractivity contribution is 5.94. The van der Waals surface area contributed by atoms with E-state index in [-0.39, 0.29) is 5.91 Å². The molecule has 0 aromatic heterocycles. The van der Waals surface area contributed by atoms with E-state index in [0.29, 0.717) is 0 Å². The zero-order chi connectivity index (χ0) is 6.85. The largest absolute Gasteiger partial charge is 0.323 e. The van der Waals surface area contributed by atoms with Crippen LogP contribution in [0.2, 0.25) is 0 Å². The molecule has 0 aromatic rings. The lowest BCUT2D eigenvalue weighted by Crippen LogP contribution is -2.12. The normalized spacial score (nSPS) is 22.2. The van der Waals surface area contributed by atoms with Gasteiger partial charge in [-0.2, -0.15) is 0 Å². The van der Waals surface area contributed by atoms with E-state index >= 15 is 0 Å². The van der Waals surface area contributed by atoms with Gasteiger partial charge < -0.3 is 5.32 Å². The van der Waals surface area contributed by atoms with E-state index in [4.69, 9.17) is 0 Å². The highest BCUT2D eigenvalue weighted by atomic mass is 16.1. The minimum absolute atomic E-state index is 0.0133. The number of amides is 1. The second-order valence-electron chi connectivity index (χ2n) is 2.02. The summed E-state index contributed by atoms with van der Waals surface area (Å²) in [7, 11) is 0. The zero-order valence-corrected chi connectivity index (χ0v) is 5.56. The van der Waals surface area contributed by atoms with Crippen LogP contribution in [0.5, 0.6) is 0 Å². The molecule has 0 atom stereocenters.